The fourth-order valence-corrected chi connectivity index (χ4v) is 2.84. The molecule has 1 amide bonds. The quantitative estimate of drug-likeness (QED) is 0.783. The topological polar surface area (TPSA) is 60.8 Å². The number of hydrogen-bond acceptors (Lipinski definition) is 4. The smallest absolute Gasteiger partial charge is 0.276 e. The molecule has 1 aromatic rings. The van der Waals surface area contributed by atoms with Crippen LogP contribution in [0.2, 0.25) is 0 Å². The first-order chi connectivity index (χ1) is 10.1. The number of pyridine rings is 1. The number of fused-ring (bicyclic) bond motifs is 2. The van der Waals surface area contributed by atoms with Gasteiger partial charge in [-0.05, 0) is 13.3 Å². The molecule has 0 aromatic carbocycles. The van der Waals surface area contributed by atoms with Crippen LogP contribution in [0.1, 0.15) is 37.2 Å². The average Bonchev–Trinajstić information content (AvgIpc) is 2.83. The van der Waals surface area contributed by atoms with E-state index in [0.717, 1.165) is 12.8 Å². The standard InChI is InChI=1S/C15H20N2O4/c1-3-4-7-20-14-11(18)5-6-16-8-12-17(10(2)9-21-12)15(19)13(14)16/h5-6,10,12H,3-4,7-9H2,1-2H3/t10-,12+/m0/s1. The minimum atomic E-state index is -0.244. The average molecular weight is 292 g/mol. The van der Waals surface area contributed by atoms with Crippen molar-refractivity contribution in [1.82, 2.24) is 9.47 Å². The first-order valence-corrected chi connectivity index (χ1v) is 7.44. The molecule has 3 heterocycles. The molecule has 6 nitrogen and oxygen atoms in total. The molecule has 0 aliphatic carbocycles. The predicted molar refractivity (Wildman–Crippen MR) is 76.5 cm³/mol. The Hall–Kier alpha value is -1.82. The molecule has 0 N–H and O–H groups in total. The summed E-state index contributed by atoms with van der Waals surface area (Å²) < 4.78 is 13.0. The second kappa shape index (κ2) is 5.52. The van der Waals surface area contributed by atoms with E-state index in [1.165, 1.54) is 6.07 Å². The third-order valence-corrected chi connectivity index (χ3v) is 3.98. The van der Waals surface area contributed by atoms with Gasteiger partial charge in [-0.1, -0.05) is 13.3 Å². The normalized spacial score (nSPS) is 23.9. The summed E-state index contributed by atoms with van der Waals surface area (Å²) in [6, 6.07) is 1.47. The van der Waals surface area contributed by atoms with Gasteiger partial charge in [0.25, 0.3) is 5.91 Å². The second-order valence-corrected chi connectivity index (χ2v) is 5.56. The van der Waals surface area contributed by atoms with E-state index in [1.54, 1.807) is 15.7 Å². The third kappa shape index (κ3) is 2.33. The van der Waals surface area contributed by atoms with Crippen LogP contribution in [-0.4, -0.2) is 40.9 Å². The van der Waals surface area contributed by atoms with Gasteiger partial charge in [-0.3, -0.25) is 9.59 Å². The Morgan fingerprint density at radius 1 is 1.43 bits per heavy atom. The Kier molecular flexibility index (Phi) is 3.71. The molecule has 1 saturated heterocycles. The summed E-state index contributed by atoms with van der Waals surface area (Å²) in [7, 11) is 0. The van der Waals surface area contributed by atoms with Crippen LogP contribution < -0.4 is 10.2 Å². The van der Waals surface area contributed by atoms with Gasteiger partial charge in [0.1, 0.15) is 0 Å². The Balaban J connectivity index is 1.99. The number of unbranched alkanes of at least 4 members (excludes halogenated alkanes) is 1. The van der Waals surface area contributed by atoms with Crippen molar-refractivity contribution in [3.05, 3.63) is 28.2 Å². The Morgan fingerprint density at radius 2 is 2.24 bits per heavy atom. The van der Waals surface area contributed by atoms with Gasteiger partial charge in [-0.15, -0.1) is 0 Å². The van der Waals surface area contributed by atoms with Crippen LogP contribution >= 0.6 is 0 Å². The van der Waals surface area contributed by atoms with E-state index in [9.17, 15) is 9.59 Å². The first-order valence-electron chi connectivity index (χ1n) is 7.44. The molecule has 0 unspecified atom stereocenters. The third-order valence-electron chi connectivity index (χ3n) is 3.98. The number of hydrogen-bond donors (Lipinski definition) is 0. The van der Waals surface area contributed by atoms with Gasteiger partial charge in [-0.2, -0.15) is 0 Å². The summed E-state index contributed by atoms with van der Waals surface area (Å²) in [5, 5.41) is 0. The van der Waals surface area contributed by atoms with Crippen LogP contribution in [0.15, 0.2) is 17.1 Å². The molecule has 114 valence electrons. The van der Waals surface area contributed by atoms with E-state index in [4.69, 9.17) is 9.47 Å². The van der Waals surface area contributed by atoms with E-state index in [0.29, 0.717) is 25.5 Å². The highest BCUT2D eigenvalue weighted by atomic mass is 16.5. The molecule has 21 heavy (non-hydrogen) atoms. The molecule has 2 aliphatic rings. The van der Waals surface area contributed by atoms with Gasteiger partial charge in [0, 0.05) is 12.3 Å². The molecule has 3 rings (SSSR count). The molecule has 0 saturated carbocycles. The van der Waals surface area contributed by atoms with Gasteiger partial charge in [-0.25, -0.2) is 0 Å². The molecular formula is C15H20N2O4. The van der Waals surface area contributed by atoms with Crippen molar-refractivity contribution in [2.75, 3.05) is 13.2 Å². The number of amides is 1. The SMILES string of the molecule is CCCCOc1c2n(ccc1=O)C[C@H]1OC[C@H](C)N1C2=O. The van der Waals surface area contributed by atoms with E-state index >= 15 is 0 Å². The largest absolute Gasteiger partial charge is 0.487 e. The zero-order chi connectivity index (χ0) is 15.0. The van der Waals surface area contributed by atoms with Gasteiger partial charge in [0.2, 0.25) is 5.43 Å². The van der Waals surface area contributed by atoms with E-state index in [2.05, 4.69) is 6.92 Å². The minimum Gasteiger partial charge on any atom is -0.487 e. The van der Waals surface area contributed by atoms with Crippen molar-refractivity contribution in [1.29, 1.82) is 0 Å². The summed E-state index contributed by atoms with van der Waals surface area (Å²) in [6.45, 7) is 5.52. The molecule has 0 radical (unpaired) electrons. The lowest BCUT2D eigenvalue weighted by Crippen LogP contribution is -2.48. The molecule has 2 aliphatic heterocycles. The lowest BCUT2D eigenvalue weighted by Gasteiger charge is -2.33. The van der Waals surface area contributed by atoms with Crippen LogP contribution in [0.5, 0.6) is 5.75 Å². The number of rotatable bonds is 4. The Labute approximate surface area is 123 Å². The lowest BCUT2D eigenvalue weighted by atomic mass is 10.1. The molecule has 0 spiro atoms. The molecule has 1 fully saturated rings. The molecule has 0 bridgehead atoms. The maximum atomic E-state index is 12.7. The zero-order valence-electron chi connectivity index (χ0n) is 12.4. The predicted octanol–water partition coefficient (Wildman–Crippen LogP) is 1.23. The van der Waals surface area contributed by atoms with Crippen LogP contribution in [0.4, 0.5) is 0 Å². The maximum Gasteiger partial charge on any atom is 0.276 e. The van der Waals surface area contributed by atoms with Gasteiger partial charge >= 0.3 is 0 Å². The van der Waals surface area contributed by atoms with Crippen LogP contribution in [0.3, 0.4) is 0 Å². The molecular weight excluding hydrogens is 272 g/mol. The Morgan fingerprint density at radius 3 is 3.00 bits per heavy atom. The van der Waals surface area contributed by atoms with Crippen molar-refractivity contribution >= 4 is 5.91 Å². The van der Waals surface area contributed by atoms with Crippen molar-refractivity contribution in [3.63, 3.8) is 0 Å². The highest BCUT2D eigenvalue weighted by Crippen LogP contribution is 2.29. The van der Waals surface area contributed by atoms with E-state index in [-0.39, 0.29) is 29.4 Å². The highest BCUT2D eigenvalue weighted by molar-refractivity contribution is 5.96. The number of ether oxygens (including phenoxy) is 2. The molecule has 6 heteroatoms. The van der Waals surface area contributed by atoms with Gasteiger partial charge in [0.05, 0.1) is 25.8 Å². The summed E-state index contributed by atoms with van der Waals surface area (Å²) in [4.78, 5) is 26.5. The van der Waals surface area contributed by atoms with Crippen LogP contribution in [0.25, 0.3) is 0 Å². The summed E-state index contributed by atoms with van der Waals surface area (Å²) >= 11 is 0. The number of aromatic nitrogens is 1. The van der Waals surface area contributed by atoms with Crippen molar-refractivity contribution in [3.8, 4) is 5.75 Å². The molecule has 2 atom stereocenters. The van der Waals surface area contributed by atoms with Gasteiger partial charge in [0.15, 0.2) is 17.7 Å². The summed E-state index contributed by atoms with van der Waals surface area (Å²) in [5.74, 6) is -0.00560. The minimum absolute atomic E-state index is 0.0232. The number of carbonyl (C=O) groups excluding carboxylic acids is 1. The van der Waals surface area contributed by atoms with Crippen LogP contribution in [-0.2, 0) is 11.3 Å². The van der Waals surface area contributed by atoms with Crippen LogP contribution in [0, 0.1) is 0 Å². The second-order valence-electron chi connectivity index (χ2n) is 5.56. The fourth-order valence-electron chi connectivity index (χ4n) is 2.84. The molecule has 1 aromatic heterocycles. The number of carbonyl (C=O) groups is 1. The highest BCUT2D eigenvalue weighted by Gasteiger charge is 2.42. The summed E-state index contributed by atoms with van der Waals surface area (Å²) in [5.41, 5.74) is 0.115. The summed E-state index contributed by atoms with van der Waals surface area (Å²) in [6.07, 6.45) is 3.23. The monoisotopic (exact) mass is 292 g/mol. The zero-order valence-corrected chi connectivity index (χ0v) is 12.4. The Bertz CT molecular complexity index is 610. The van der Waals surface area contributed by atoms with Crippen molar-refractivity contribution < 1.29 is 14.3 Å². The van der Waals surface area contributed by atoms with E-state index in [1.807, 2.05) is 6.92 Å². The maximum absolute atomic E-state index is 12.7. The van der Waals surface area contributed by atoms with Gasteiger partial charge < -0.3 is 18.9 Å². The first kappa shape index (κ1) is 14.1. The fraction of sp³-hybridized carbons (Fsp3) is 0.600. The number of nitrogens with zero attached hydrogens (tertiary/aromatic N) is 2. The van der Waals surface area contributed by atoms with Crippen molar-refractivity contribution in [2.24, 2.45) is 0 Å². The van der Waals surface area contributed by atoms with E-state index < -0.39 is 0 Å². The lowest BCUT2D eigenvalue weighted by molar-refractivity contribution is 0.00618. The van der Waals surface area contributed by atoms with Crippen molar-refractivity contribution in [2.45, 2.75) is 45.5 Å².